The van der Waals surface area contributed by atoms with Crippen LogP contribution in [0.5, 0.6) is 0 Å². The number of H-pyrrole nitrogens is 1. The Morgan fingerprint density at radius 2 is 2.00 bits per heavy atom. The minimum absolute atomic E-state index is 0.0539. The fraction of sp³-hybridized carbons (Fsp3) is 0.188. The number of fused-ring (bicyclic) bond motifs is 1. The molecule has 12 heteroatoms. The number of halogens is 3. The number of anilines is 3. The summed E-state index contributed by atoms with van der Waals surface area (Å²) >= 11 is 0. The third-order valence-electron chi connectivity index (χ3n) is 3.70. The molecule has 0 aliphatic heterocycles. The zero-order valence-corrected chi connectivity index (χ0v) is 14.5. The SMILES string of the molecule is Cc1nc(NCC(F)(F)F)cc(-c2c(Nc3ccn[nH]3)nc3cccnn23)n1. The van der Waals surface area contributed by atoms with Crippen molar-refractivity contribution in [2.75, 3.05) is 17.2 Å². The molecule has 144 valence electrons. The first-order valence-electron chi connectivity index (χ1n) is 8.16. The molecule has 0 aliphatic carbocycles. The van der Waals surface area contributed by atoms with E-state index in [0.29, 0.717) is 34.5 Å². The van der Waals surface area contributed by atoms with Crippen molar-refractivity contribution in [1.82, 2.24) is 34.8 Å². The van der Waals surface area contributed by atoms with Gasteiger partial charge in [-0.2, -0.15) is 23.4 Å². The number of hydrogen-bond donors (Lipinski definition) is 3. The monoisotopic (exact) mass is 389 g/mol. The van der Waals surface area contributed by atoms with Crippen LogP contribution in [0.2, 0.25) is 0 Å². The number of aryl methyl sites for hydroxylation is 1. The summed E-state index contributed by atoms with van der Waals surface area (Å²) in [6, 6.07) is 6.62. The minimum atomic E-state index is -4.36. The summed E-state index contributed by atoms with van der Waals surface area (Å²) in [5.74, 6) is 1.37. The van der Waals surface area contributed by atoms with Crippen molar-refractivity contribution >= 4 is 23.1 Å². The highest BCUT2D eigenvalue weighted by molar-refractivity contribution is 5.77. The largest absolute Gasteiger partial charge is 0.405 e. The molecule has 4 aromatic heterocycles. The number of alkyl halides is 3. The lowest BCUT2D eigenvalue weighted by atomic mass is 10.2. The zero-order chi connectivity index (χ0) is 19.7. The van der Waals surface area contributed by atoms with Crippen molar-refractivity contribution in [3.05, 3.63) is 42.5 Å². The zero-order valence-electron chi connectivity index (χ0n) is 14.5. The molecular weight excluding hydrogens is 375 g/mol. The average Bonchev–Trinajstić information content (AvgIpc) is 3.26. The van der Waals surface area contributed by atoms with Gasteiger partial charge in [0.25, 0.3) is 0 Å². The fourth-order valence-corrected chi connectivity index (χ4v) is 2.63. The van der Waals surface area contributed by atoms with Crippen molar-refractivity contribution in [2.24, 2.45) is 0 Å². The van der Waals surface area contributed by atoms with E-state index in [1.165, 1.54) is 6.07 Å². The summed E-state index contributed by atoms with van der Waals surface area (Å²) in [6.07, 6.45) is -1.21. The van der Waals surface area contributed by atoms with E-state index in [4.69, 9.17) is 0 Å². The molecule has 0 aromatic carbocycles. The van der Waals surface area contributed by atoms with Gasteiger partial charge in [0, 0.05) is 18.3 Å². The number of imidazole rings is 1. The molecule has 4 heterocycles. The molecule has 28 heavy (non-hydrogen) atoms. The van der Waals surface area contributed by atoms with Crippen molar-refractivity contribution in [3.8, 4) is 11.4 Å². The standard InChI is InChI=1S/C16H14F3N9/c1-9-23-10(7-12(24-9)20-8-16(17,18)19)14-15(25-11-4-6-21-27-11)26-13-3-2-5-22-28(13)14/h2-7H,8H2,1H3,(H,20,23,24)(H2,21,25,27). The molecular formula is C16H14F3N9. The smallest absolute Gasteiger partial charge is 0.361 e. The van der Waals surface area contributed by atoms with Crippen LogP contribution in [0, 0.1) is 6.92 Å². The second kappa shape index (κ2) is 6.79. The Morgan fingerprint density at radius 3 is 2.75 bits per heavy atom. The second-order valence-corrected chi connectivity index (χ2v) is 5.85. The molecule has 3 N–H and O–H groups in total. The maximum Gasteiger partial charge on any atom is 0.405 e. The second-order valence-electron chi connectivity index (χ2n) is 5.85. The molecule has 4 rings (SSSR count). The average molecular weight is 389 g/mol. The van der Waals surface area contributed by atoms with Crippen LogP contribution < -0.4 is 10.6 Å². The molecule has 0 fully saturated rings. The van der Waals surface area contributed by atoms with Crippen LogP contribution in [-0.2, 0) is 0 Å². The number of nitrogens with one attached hydrogen (secondary N) is 3. The van der Waals surface area contributed by atoms with Gasteiger partial charge in [-0.05, 0) is 19.1 Å². The summed E-state index contributed by atoms with van der Waals surface area (Å²) in [6.45, 7) is 0.397. The van der Waals surface area contributed by atoms with Gasteiger partial charge in [0.1, 0.15) is 29.7 Å². The molecule has 0 amide bonds. The van der Waals surface area contributed by atoms with E-state index in [9.17, 15) is 13.2 Å². The maximum absolute atomic E-state index is 12.6. The van der Waals surface area contributed by atoms with Crippen molar-refractivity contribution in [1.29, 1.82) is 0 Å². The molecule has 0 unspecified atom stereocenters. The van der Waals surface area contributed by atoms with Crippen LogP contribution in [0.25, 0.3) is 17.0 Å². The molecule has 0 bridgehead atoms. The highest BCUT2D eigenvalue weighted by Gasteiger charge is 2.27. The van der Waals surface area contributed by atoms with Gasteiger partial charge in [0.15, 0.2) is 11.5 Å². The van der Waals surface area contributed by atoms with Gasteiger partial charge >= 0.3 is 6.18 Å². The van der Waals surface area contributed by atoms with E-state index in [1.807, 2.05) is 0 Å². The molecule has 0 saturated carbocycles. The van der Waals surface area contributed by atoms with Crippen molar-refractivity contribution in [2.45, 2.75) is 13.1 Å². The Bertz CT molecular complexity index is 1100. The predicted octanol–water partition coefficient (Wildman–Crippen LogP) is 2.94. The van der Waals surface area contributed by atoms with Gasteiger partial charge in [-0.25, -0.2) is 19.5 Å². The molecule has 9 nitrogen and oxygen atoms in total. The Labute approximate surface area is 156 Å². The van der Waals surface area contributed by atoms with E-state index in [1.54, 1.807) is 42.0 Å². The topological polar surface area (TPSA) is 109 Å². The van der Waals surface area contributed by atoms with Crippen molar-refractivity contribution in [3.63, 3.8) is 0 Å². The predicted molar refractivity (Wildman–Crippen MR) is 95.2 cm³/mol. The van der Waals surface area contributed by atoms with Gasteiger partial charge in [-0.1, -0.05) is 0 Å². The highest BCUT2D eigenvalue weighted by atomic mass is 19.4. The van der Waals surface area contributed by atoms with Crippen LogP contribution in [-0.4, -0.2) is 47.5 Å². The van der Waals surface area contributed by atoms with E-state index in [2.05, 4.69) is 40.9 Å². The van der Waals surface area contributed by atoms with Gasteiger partial charge in [0.05, 0.1) is 11.9 Å². The third kappa shape index (κ3) is 3.70. The summed E-state index contributed by atoms with van der Waals surface area (Å²) < 4.78 is 39.2. The molecule has 0 saturated heterocycles. The van der Waals surface area contributed by atoms with Crippen molar-refractivity contribution < 1.29 is 13.2 Å². The van der Waals surface area contributed by atoms with E-state index < -0.39 is 12.7 Å². The molecule has 4 aromatic rings. The van der Waals surface area contributed by atoms with Crippen LogP contribution in [0.3, 0.4) is 0 Å². The summed E-state index contributed by atoms with van der Waals surface area (Å²) in [5.41, 5.74) is 1.39. The first kappa shape index (κ1) is 17.7. The molecule has 0 radical (unpaired) electrons. The Kier molecular flexibility index (Phi) is 4.29. The molecule has 0 aliphatic rings. The lowest BCUT2D eigenvalue weighted by Crippen LogP contribution is -2.22. The van der Waals surface area contributed by atoms with Crippen LogP contribution in [0.4, 0.5) is 30.6 Å². The fourth-order valence-electron chi connectivity index (χ4n) is 2.63. The Hall–Kier alpha value is -3.70. The van der Waals surface area contributed by atoms with Gasteiger partial charge in [0.2, 0.25) is 0 Å². The molecule has 0 spiro atoms. The van der Waals surface area contributed by atoms with E-state index in [0.717, 1.165) is 0 Å². The first-order chi connectivity index (χ1) is 13.4. The van der Waals surface area contributed by atoms with Gasteiger partial charge in [-0.15, -0.1) is 0 Å². The van der Waals surface area contributed by atoms with E-state index in [-0.39, 0.29) is 5.82 Å². The Morgan fingerprint density at radius 1 is 1.14 bits per heavy atom. The number of rotatable bonds is 5. The van der Waals surface area contributed by atoms with Crippen LogP contribution in [0.1, 0.15) is 5.82 Å². The summed E-state index contributed by atoms with van der Waals surface area (Å²) in [7, 11) is 0. The highest BCUT2D eigenvalue weighted by Crippen LogP contribution is 2.30. The van der Waals surface area contributed by atoms with E-state index >= 15 is 0 Å². The third-order valence-corrected chi connectivity index (χ3v) is 3.70. The first-order valence-corrected chi connectivity index (χ1v) is 8.16. The normalized spacial score (nSPS) is 11.7. The minimum Gasteiger partial charge on any atom is -0.361 e. The van der Waals surface area contributed by atoms with Gasteiger partial charge < -0.3 is 10.6 Å². The van der Waals surface area contributed by atoms with Gasteiger partial charge in [-0.3, -0.25) is 5.10 Å². The number of nitrogens with zero attached hydrogens (tertiary/aromatic N) is 6. The summed E-state index contributed by atoms with van der Waals surface area (Å²) in [5, 5.41) is 16.3. The lowest BCUT2D eigenvalue weighted by Gasteiger charge is -2.11. The van der Waals surface area contributed by atoms with Crippen LogP contribution in [0.15, 0.2) is 36.7 Å². The molecule has 0 atom stereocenters. The quantitative estimate of drug-likeness (QED) is 0.481. The number of aromatic amines is 1. The lowest BCUT2D eigenvalue weighted by molar-refractivity contribution is -0.115. The van der Waals surface area contributed by atoms with Crippen LogP contribution >= 0.6 is 0 Å². The number of hydrogen-bond acceptors (Lipinski definition) is 7. The maximum atomic E-state index is 12.6. The summed E-state index contributed by atoms with van der Waals surface area (Å²) in [4.78, 5) is 12.9. The number of aromatic nitrogens is 7. The Balaban J connectivity index is 1.80.